The molecule has 3 N–H and O–H groups in total. The molecule has 0 saturated heterocycles. The molecule has 1 aromatic rings. The molecule has 0 aliphatic rings. The van der Waals surface area contributed by atoms with E-state index in [9.17, 15) is 8.78 Å². The number of thiocarbonyl (C=S) groups is 1. The van der Waals surface area contributed by atoms with E-state index in [2.05, 4.69) is 22.3 Å². The third kappa shape index (κ3) is 2.08. The van der Waals surface area contributed by atoms with Crippen LogP contribution in [-0.2, 0) is 0 Å². The summed E-state index contributed by atoms with van der Waals surface area (Å²) in [5, 5.41) is 2.42. The van der Waals surface area contributed by atoms with E-state index in [4.69, 9.17) is 5.73 Å². The van der Waals surface area contributed by atoms with Crippen LogP contribution in [0.5, 0.6) is 5.75 Å². The highest BCUT2D eigenvalue weighted by Crippen LogP contribution is 2.29. The van der Waals surface area contributed by atoms with Gasteiger partial charge < -0.3 is 15.8 Å². The fourth-order valence-corrected chi connectivity index (χ4v) is 1.07. The van der Waals surface area contributed by atoms with Crippen molar-refractivity contribution in [3.05, 3.63) is 23.8 Å². The van der Waals surface area contributed by atoms with Crippen molar-refractivity contribution in [2.24, 2.45) is 5.73 Å². The molecular formula is C8H8F2N2OS. The van der Waals surface area contributed by atoms with Crippen LogP contribution in [-0.4, -0.2) is 12.2 Å². The van der Waals surface area contributed by atoms with Gasteiger partial charge in [0.1, 0.15) is 0 Å². The summed E-state index contributed by atoms with van der Waals surface area (Å²) in [7, 11) is 1.22. The molecule has 0 saturated carbocycles. The zero-order valence-electron chi connectivity index (χ0n) is 7.30. The van der Waals surface area contributed by atoms with E-state index in [0.29, 0.717) is 0 Å². The molecule has 1 rings (SSSR count). The van der Waals surface area contributed by atoms with E-state index in [-0.39, 0.29) is 16.5 Å². The van der Waals surface area contributed by atoms with Crippen LogP contribution in [0.3, 0.4) is 0 Å². The van der Waals surface area contributed by atoms with Crippen molar-refractivity contribution in [3.8, 4) is 5.75 Å². The second-order valence-electron chi connectivity index (χ2n) is 2.43. The Morgan fingerprint density at radius 3 is 2.64 bits per heavy atom. The van der Waals surface area contributed by atoms with Gasteiger partial charge in [0.25, 0.3) is 0 Å². The number of halogens is 2. The predicted octanol–water partition coefficient (Wildman–Crippen LogP) is 1.63. The maximum Gasteiger partial charge on any atom is 0.202 e. The quantitative estimate of drug-likeness (QED) is 0.741. The summed E-state index contributed by atoms with van der Waals surface area (Å²) >= 11 is 4.56. The molecule has 0 aliphatic carbocycles. The number of methoxy groups -OCH3 is 1. The number of nitrogens with one attached hydrogen (secondary N) is 1. The molecule has 0 spiro atoms. The Kier molecular flexibility index (Phi) is 3.19. The molecule has 3 nitrogen and oxygen atoms in total. The molecule has 0 unspecified atom stereocenters. The lowest BCUT2D eigenvalue weighted by Crippen LogP contribution is -2.19. The van der Waals surface area contributed by atoms with E-state index >= 15 is 0 Å². The number of hydrogen-bond donors (Lipinski definition) is 2. The molecule has 0 atom stereocenters. The number of ether oxygens (including phenoxy) is 1. The third-order valence-corrected chi connectivity index (χ3v) is 1.61. The largest absolute Gasteiger partial charge is 0.491 e. The molecule has 0 heterocycles. The SMILES string of the molecule is COc1c(NC(N)=S)ccc(F)c1F. The number of benzene rings is 1. The molecule has 0 radical (unpaired) electrons. The van der Waals surface area contributed by atoms with Crippen LogP contribution in [0.4, 0.5) is 14.5 Å². The van der Waals surface area contributed by atoms with Crippen LogP contribution >= 0.6 is 12.2 Å². The van der Waals surface area contributed by atoms with Crippen molar-refractivity contribution in [2.45, 2.75) is 0 Å². The van der Waals surface area contributed by atoms with Gasteiger partial charge in [-0.15, -0.1) is 0 Å². The normalized spacial score (nSPS) is 9.64. The summed E-state index contributed by atoms with van der Waals surface area (Å²) in [6.07, 6.45) is 0. The van der Waals surface area contributed by atoms with Crippen molar-refractivity contribution in [3.63, 3.8) is 0 Å². The number of hydrogen-bond acceptors (Lipinski definition) is 2. The Morgan fingerprint density at radius 2 is 2.14 bits per heavy atom. The van der Waals surface area contributed by atoms with Gasteiger partial charge in [-0.25, -0.2) is 4.39 Å². The number of anilines is 1. The minimum atomic E-state index is -1.08. The average molecular weight is 218 g/mol. The topological polar surface area (TPSA) is 47.3 Å². The first-order valence-electron chi connectivity index (χ1n) is 3.64. The zero-order chi connectivity index (χ0) is 10.7. The number of rotatable bonds is 2. The summed E-state index contributed by atoms with van der Waals surface area (Å²) in [4.78, 5) is 0. The Bertz CT molecular complexity index is 371. The van der Waals surface area contributed by atoms with Gasteiger partial charge >= 0.3 is 0 Å². The Morgan fingerprint density at radius 1 is 1.50 bits per heavy atom. The lowest BCUT2D eigenvalue weighted by molar-refractivity contribution is 0.374. The summed E-state index contributed by atoms with van der Waals surface area (Å²) < 4.78 is 30.5. The minimum Gasteiger partial charge on any atom is -0.491 e. The van der Waals surface area contributed by atoms with Crippen molar-refractivity contribution in [1.82, 2.24) is 0 Å². The molecule has 0 fully saturated rings. The minimum absolute atomic E-state index is 0.0469. The van der Waals surface area contributed by atoms with Crippen LogP contribution < -0.4 is 15.8 Å². The summed E-state index contributed by atoms with van der Waals surface area (Å²) in [6.45, 7) is 0. The molecular weight excluding hydrogens is 210 g/mol. The summed E-state index contributed by atoms with van der Waals surface area (Å²) in [6, 6.07) is 2.24. The van der Waals surface area contributed by atoms with Gasteiger partial charge in [-0.05, 0) is 24.4 Å². The Balaban J connectivity index is 3.17. The van der Waals surface area contributed by atoms with E-state index in [1.165, 1.54) is 13.2 Å². The molecule has 76 valence electrons. The second-order valence-corrected chi connectivity index (χ2v) is 2.87. The summed E-state index contributed by atoms with van der Waals surface area (Å²) in [5.74, 6) is -2.32. The number of nitrogens with two attached hydrogens (primary N) is 1. The maximum atomic E-state index is 13.1. The van der Waals surface area contributed by atoms with Gasteiger partial charge in [0.05, 0.1) is 12.8 Å². The fraction of sp³-hybridized carbons (Fsp3) is 0.125. The first-order valence-corrected chi connectivity index (χ1v) is 4.05. The van der Waals surface area contributed by atoms with Crippen LogP contribution in [0.1, 0.15) is 0 Å². The molecule has 14 heavy (non-hydrogen) atoms. The van der Waals surface area contributed by atoms with Crippen molar-refractivity contribution >= 4 is 23.0 Å². The molecule has 0 bridgehead atoms. The third-order valence-electron chi connectivity index (χ3n) is 1.51. The first kappa shape index (κ1) is 10.6. The van der Waals surface area contributed by atoms with Crippen LogP contribution in [0.15, 0.2) is 12.1 Å². The van der Waals surface area contributed by atoms with Crippen LogP contribution in [0.2, 0.25) is 0 Å². The van der Waals surface area contributed by atoms with Gasteiger partial charge in [-0.2, -0.15) is 4.39 Å². The Hall–Kier alpha value is -1.43. The van der Waals surface area contributed by atoms with Gasteiger partial charge in [0, 0.05) is 0 Å². The molecule has 0 aromatic heterocycles. The predicted molar refractivity (Wildman–Crippen MR) is 53.3 cm³/mol. The highest BCUT2D eigenvalue weighted by molar-refractivity contribution is 7.80. The van der Waals surface area contributed by atoms with Gasteiger partial charge in [-0.3, -0.25) is 0 Å². The molecule has 0 amide bonds. The van der Waals surface area contributed by atoms with E-state index in [1.807, 2.05) is 0 Å². The van der Waals surface area contributed by atoms with Crippen molar-refractivity contribution in [1.29, 1.82) is 0 Å². The van der Waals surface area contributed by atoms with E-state index < -0.39 is 11.6 Å². The van der Waals surface area contributed by atoms with E-state index in [1.54, 1.807) is 0 Å². The highest BCUT2D eigenvalue weighted by atomic mass is 32.1. The van der Waals surface area contributed by atoms with Gasteiger partial charge in [0.15, 0.2) is 16.7 Å². The van der Waals surface area contributed by atoms with E-state index in [0.717, 1.165) is 6.07 Å². The lowest BCUT2D eigenvalue weighted by Gasteiger charge is -2.10. The first-order chi connectivity index (χ1) is 6.56. The standard InChI is InChI=1S/C8H8F2N2OS/c1-13-7-5(12-8(11)14)3-2-4(9)6(7)10/h2-3H,1H3,(H3,11,12,14). The molecule has 1 aromatic carbocycles. The smallest absolute Gasteiger partial charge is 0.202 e. The van der Waals surface area contributed by atoms with Gasteiger partial charge in [0.2, 0.25) is 5.82 Å². The second kappa shape index (κ2) is 4.19. The van der Waals surface area contributed by atoms with Crippen molar-refractivity contribution in [2.75, 3.05) is 12.4 Å². The zero-order valence-corrected chi connectivity index (χ0v) is 8.12. The monoisotopic (exact) mass is 218 g/mol. The Labute approximate surface area is 84.9 Å². The maximum absolute atomic E-state index is 13.1. The highest BCUT2D eigenvalue weighted by Gasteiger charge is 2.14. The molecule has 6 heteroatoms. The van der Waals surface area contributed by atoms with Crippen molar-refractivity contribution < 1.29 is 13.5 Å². The van der Waals surface area contributed by atoms with Gasteiger partial charge in [-0.1, -0.05) is 0 Å². The molecule has 0 aliphatic heterocycles. The fourth-order valence-electron chi connectivity index (χ4n) is 0.963. The average Bonchev–Trinajstić information content (AvgIpc) is 2.11. The lowest BCUT2D eigenvalue weighted by atomic mass is 10.2. The van der Waals surface area contributed by atoms with Crippen LogP contribution in [0, 0.1) is 11.6 Å². The van der Waals surface area contributed by atoms with Crippen LogP contribution in [0.25, 0.3) is 0 Å². The summed E-state index contributed by atoms with van der Waals surface area (Å²) in [5.41, 5.74) is 5.38.